The topological polar surface area (TPSA) is 76.7 Å². The van der Waals surface area contributed by atoms with E-state index in [2.05, 4.69) is 10.6 Å². The summed E-state index contributed by atoms with van der Waals surface area (Å²) >= 11 is 0. The number of carbonyl (C=O) groups excluding carboxylic acids is 2. The van der Waals surface area contributed by atoms with Crippen LogP contribution in [0.5, 0.6) is 0 Å². The number of methoxy groups -OCH3 is 1. The molecule has 6 nitrogen and oxygen atoms in total. The monoisotopic (exact) mass is 256 g/mol. The Morgan fingerprint density at radius 2 is 2.22 bits per heavy atom. The lowest BCUT2D eigenvalue weighted by Crippen LogP contribution is -2.58. The van der Waals surface area contributed by atoms with Gasteiger partial charge in [-0.25, -0.2) is 0 Å². The Morgan fingerprint density at radius 1 is 1.50 bits per heavy atom. The molecule has 0 aromatic rings. The van der Waals surface area contributed by atoms with Crippen LogP contribution in [0.4, 0.5) is 0 Å². The van der Waals surface area contributed by atoms with Crippen LogP contribution in [0.1, 0.15) is 25.7 Å². The van der Waals surface area contributed by atoms with Crippen molar-refractivity contribution in [2.24, 2.45) is 0 Å². The number of carbonyl (C=O) groups is 2. The number of nitrogens with one attached hydrogen (secondary N) is 2. The lowest BCUT2D eigenvalue weighted by molar-refractivity contribution is -0.157. The van der Waals surface area contributed by atoms with Crippen LogP contribution in [-0.4, -0.2) is 50.3 Å². The fraction of sp³-hybridized carbons (Fsp3) is 0.833. The van der Waals surface area contributed by atoms with Gasteiger partial charge in [0.15, 0.2) is 5.60 Å². The summed E-state index contributed by atoms with van der Waals surface area (Å²) in [6.45, 7) is 1.71. The van der Waals surface area contributed by atoms with Crippen molar-refractivity contribution in [2.45, 2.75) is 37.3 Å². The summed E-state index contributed by atoms with van der Waals surface area (Å²) in [4.78, 5) is 23.9. The second kappa shape index (κ2) is 5.67. The SMILES string of the molecule is COC1(C(=O)NC2CCCNC2=O)CCOCC1. The van der Waals surface area contributed by atoms with Gasteiger partial charge in [-0.2, -0.15) is 0 Å². The summed E-state index contributed by atoms with van der Waals surface area (Å²) < 4.78 is 10.6. The predicted molar refractivity (Wildman–Crippen MR) is 64.0 cm³/mol. The molecule has 2 saturated heterocycles. The van der Waals surface area contributed by atoms with E-state index in [1.165, 1.54) is 7.11 Å². The molecule has 0 aromatic carbocycles. The van der Waals surface area contributed by atoms with Gasteiger partial charge in [-0.1, -0.05) is 0 Å². The van der Waals surface area contributed by atoms with E-state index in [1.54, 1.807) is 0 Å². The van der Waals surface area contributed by atoms with E-state index in [9.17, 15) is 9.59 Å². The van der Waals surface area contributed by atoms with Gasteiger partial charge in [-0.3, -0.25) is 9.59 Å². The highest BCUT2D eigenvalue weighted by Crippen LogP contribution is 2.25. The molecule has 2 aliphatic rings. The first kappa shape index (κ1) is 13.3. The van der Waals surface area contributed by atoms with Crippen LogP contribution in [0, 0.1) is 0 Å². The van der Waals surface area contributed by atoms with Gasteiger partial charge >= 0.3 is 0 Å². The Labute approximate surface area is 106 Å². The molecule has 18 heavy (non-hydrogen) atoms. The highest BCUT2D eigenvalue weighted by atomic mass is 16.5. The predicted octanol–water partition coefficient (Wildman–Crippen LogP) is -0.423. The first-order valence-corrected chi connectivity index (χ1v) is 6.39. The summed E-state index contributed by atoms with van der Waals surface area (Å²) in [5.41, 5.74) is -0.837. The van der Waals surface area contributed by atoms with Crippen LogP contribution in [0.2, 0.25) is 0 Å². The lowest BCUT2D eigenvalue weighted by Gasteiger charge is -2.36. The second-order valence-electron chi connectivity index (χ2n) is 4.77. The Bertz CT molecular complexity index is 326. The number of hydrogen-bond acceptors (Lipinski definition) is 4. The van der Waals surface area contributed by atoms with E-state index >= 15 is 0 Å². The average Bonchev–Trinajstić information content (AvgIpc) is 2.42. The van der Waals surface area contributed by atoms with Gasteiger partial charge in [0.25, 0.3) is 5.91 Å². The van der Waals surface area contributed by atoms with E-state index < -0.39 is 11.6 Å². The molecule has 102 valence electrons. The molecule has 2 rings (SSSR count). The van der Waals surface area contributed by atoms with E-state index in [0.717, 1.165) is 6.42 Å². The first-order chi connectivity index (χ1) is 8.68. The largest absolute Gasteiger partial charge is 0.381 e. The van der Waals surface area contributed by atoms with Crippen molar-refractivity contribution in [2.75, 3.05) is 26.9 Å². The molecule has 6 heteroatoms. The fourth-order valence-electron chi connectivity index (χ4n) is 2.42. The Morgan fingerprint density at radius 3 is 2.83 bits per heavy atom. The van der Waals surface area contributed by atoms with Crippen LogP contribution in [0.3, 0.4) is 0 Å². The highest BCUT2D eigenvalue weighted by Gasteiger charge is 2.41. The number of ether oxygens (including phenoxy) is 2. The molecular weight excluding hydrogens is 236 g/mol. The molecule has 2 fully saturated rings. The summed E-state index contributed by atoms with van der Waals surface area (Å²) in [5.74, 6) is -0.303. The van der Waals surface area contributed by atoms with E-state index in [-0.39, 0.29) is 11.8 Å². The summed E-state index contributed by atoms with van der Waals surface area (Å²) in [6, 6.07) is -0.430. The number of rotatable bonds is 3. The smallest absolute Gasteiger partial charge is 0.253 e. The number of amides is 2. The standard InChI is InChI=1S/C12H20N2O4/c1-17-12(4-7-18-8-5-12)11(16)14-9-3-2-6-13-10(9)15/h9H,2-8H2,1H3,(H,13,15)(H,14,16). The van der Waals surface area contributed by atoms with Crippen LogP contribution in [-0.2, 0) is 19.1 Å². The van der Waals surface area contributed by atoms with Gasteiger partial charge in [-0.15, -0.1) is 0 Å². The molecular formula is C12H20N2O4. The second-order valence-corrected chi connectivity index (χ2v) is 4.77. The minimum absolute atomic E-state index is 0.104. The van der Waals surface area contributed by atoms with Crippen molar-refractivity contribution in [3.05, 3.63) is 0 Å². The molecule has 2 N–H and O–H groups in total. The van der Waals surface area contributed by atoms with Crippen molar-refractivity contribution in [1.82, 2.24) is 10.6 Å². The van der Waals surface area contributed by atoms with Gasteiger partial charge in [0.2, 0.25) is 5.91 Å². The summed E-state index contributed by atoms with van der Waals surface area (Å²) in [7, 11) is 1.53. The number of piperidine rings is 1. The Balaban J connectivity index is 1.98. The molecule has 0 bridgehead atoms. The minimum Gasteiger partial charge on any atom is -0.381 e. The van der Waals surface area contributed by atoms with E-state index in [4.69, 9.17) is 9.47 Å². The molecule has 0 saturated carbocycles. The molecule has 2 amide bonds. The summed E-state index contributed by atoms with van der Waals surface area (Å²) in [5, 5.41) is 5.55. The molecule has 1 unspecified atom stereocenters. The van der Waals surface area contributed by atoms with Crippen molar-refractivity contribution in [3.8, 4) is 0 Å². The number of hydrogen-bond donors (Lipinski definition) is 2. The third kappa shape index (κ3) is 2.64. The van der Waals surface area contributed by atoms with Crippen molar-refractivity contribution < 1.29 is 19.1 Å². The maximum absolute atomic E-state index is 12.3. The van der Waals surface area contributed by atoms with Crippen LogP contribution in [0.15, 0.2) is 0 Å². The average molecular weight is 256 g/mol. The van der Waals surface area contributed by atoms with Gasteiger partial charge in [0.05, 0.1) is 0 Å². The third-order valence-corrected chi connectivity index (χ3v) is 3.70. The Hall–Kier alpha value is -1.14. The van der Waals surface area contributed by atoms with E-state index in [1.807, 2.05) is 0 Å². The molecule has 1 atom stereocenters. The molecule has 2 aliphatic heterocycles. The van der Waals surface area contributed by atoms with Crippen LogP contribution in [0.25, 0.3) is 0 Å². The normalized spacial score (nSPS) is 27.4. The zero-order chi connectivity index (χ0) is 13.0. The quantitative estimate of drug-likeness (QED) is 0.719. The molecule has 0 aliphatic carbocycles. The van der Waals surface area contributed by atoms with Crippen molar-refractivity contribution in [1.29, 1.82) is 0 Å². The minimum atomic E-state index is -0.837. The summed E-state index contributed by atoms with van der Waals surface area (Å²) in [6.07, 6.45) is 2.64. The first-order valence-electron chi connectivity index (χ1n) is 6.39. The van der Waals surface area contributed by atoms with Gasteiger partial charge in [0.1, 0.15) is 6.04 Å². The van der Waals surface area contributed by atoms with Gasteiger partial charge in [-0.05, 0) is 12.8 Å². The van der Waals surface area contributed by atoms with Crippen molar-refractivity contribution >= 4 is 11.8 Å². The molecule has 0 spiro atoms. The molecule has 2 heterocycles. The van der Waals surface area contributed by atoms with E-state index in [0.29, 0.717) is 39.0 Å². The molecule has 0 aromatic heterocycles. The third-order valence-electron chi connectivity index (χ3n) is 3.70. The molecule has 0 radical (unpaired) electrons. The Kier molecular flexibility index (Phi) is 4.19. The zero-order valence-corrected chi connectivity index (χ0v) is 10.7. The zero-order valence-electron chi connectivity index (χ0n) is 10.7. The van der Waals surface area contributed by atoms with Crippen LogP contribution >= 0.6 is 0 Å². The van der Waals surface area contributed by atoms with Crippen molar-refractivity contribution in [3.63, 3.8) is 0 Å². The maximum atomic E-state index is 12.3. The van der Waals surface area contributed by atoms with Gasteiger partial charge in [0, 0.05) is 39.7 Å². The fourth-order valence-corrected chi connectivity index (χ4v) is 2.42. The van der Waals surface area contributed by atoms with Gasteiger partial charge < -0.3 is 20.1 Å². The lowest BCUT2D eigenvalue weighted by atomic mass is 9.92. The van der Waals surface area contributed by atoms with Crippen LogP contribution < -0.4 is 10.6 Å². The highest BCUT2D eigenvalue weighted by molar-refractivity contribution is 5.91. The maximum Gasteiger partial charge on any atom is 0.253 e.